The van der Waals surface area contributed by atoms with Gasteiger partial charge in [-0.15, -0.1) is 0 Å². The quantitative estimate of drug-likeness (QED) is 0.100. The van der Waals surface area contributed by atoms with Crippen molar-refractivity contribution >= 4 is 34.4 Å². The summed E-state index contributed by atoms with van der Waals surface area (Å²) in [4.78, 5) is 50.5. The van der Waals surface area contributed by atoms with Gasteiger partial charge in [0.1, 0.15) is 24.0 Å². The zero-order chi connectivity index (χ0) is 40.7. The Balaban J connectivity index is 1.04. The van der Waals surface area contributed by atoms with Gasteiger partial charge < -0.3 is 29.5 Å². The molecule has 3 N–H and O–H groups in total. The summed E-state index contributed by atoms with van der Waals surface area (Å²) < 4.78 is 46.0. The summed E-state index contributed by atoms with van der Waals surface area (Å²) in [5, 5.41) is 15.7. The van der Waals surface area contributed by atoms with Crippen molar-refractivity contribution in [3.63, 3.8) is 0 Å². The first-order valence-corrected chi connectivity index (χ1v) is 19.2. The number of hydrogen-bond acceptors (Lipinski definition) is 11. The molecule has 1 unspecified atom stereocenters. The average Bonchev–Trinajstić information content (AvgIpc) is 3.21. The molecule has 2 fully saturated rings. The predicted molar refractivity (Wildman–Crippen MR) is 210 cm³/mol. The molecule has 13 nitrogen and oxygen atoms in total. The predicted octanol–water partition coefficient (Wildman–Crippen LogP) is 5.28. The van der Waals surface area contributed by atoms with Crippen LogP contribution in [0.25, 0.3) is 10.9 Å². The molecule has 0 radical (unpaired) electrons. The molecule has 0 saturated carbocycles. The monoisotopic (exact) mass is 788 g/mol. The number of nitrogens with one attached hydrogen (secondary N) is 2. The van der Waals surface area contributed by atoms with Crippen LogP contribution in [0.1, 0.15) is 72.6 Å². The van der Waals surface area contributed by atoms with Crippen LogP contribution in [0.4, 0.5) is 14.6 Å². The molecule has 2 aliphatic rings. The van der Waals surface area contributed by atoms with E-state index in [-0.39, 0.29) is 36.3 Å². The molecule has 2 atom stereocenters. The first-order valence-electron chi connectivity index (χ1n) is 19.2. The van der Waals surface area contributed by atoms with Crippen molar-refractivity contribution in [3.05, 3.63) is 82.7 Å². The zero-order valence-corrected chi connectivity index (χ0v) is 32.8. The van der Waals surface area contributed by atoms with Crippen LogP contribution in [0.3, 0.4) is 0 Å². The summed E-state index contributed by atoms with van der Waals surface area (Å²) in [5.74, 6) is -1.77. The van der Waals surface area contributed by atoms with Crippen molar-refractivity contribution in [1.29, 1.82) is 0 Å². The van der Waals surface area contributed by atoms with Gasteiger partial charge >= 0.3 is 0 Å². The van der Waals surface area contributed by atoms with E-state index in [1.807, 2.05) is 24.0 Å². The molecule has 1 aromatic heterocycles. The number of imide groups is 1. The maximum absolute atomic E-state index is 14.3. The highest BCUT2D eigenvalue weighted by molar-refractivity contribution is 6.01. The maximum Gasteiger partial charge on any atom is 0.295 e. The smallest absolute Gasteiger partial charge is 0.295 e. The number of rotatable bonds is 16. The lowest BCUT2D eigenvalue weighted by molar-refractivity contribution is -0.136. The number of carbonyl (C=O) groups excluding carboxylic acids is 3. The van der Waals surface area contributed by atoms with Gasteiger partial charge in [0, 0.05) is 55.2 Å². The molecule has 0 aliphatic carbocycles. The van der Waals surface area contributed by atoms with Crippen LogP contribution >= 0.6 is 0 Å². The van der Waals surface area contributed by atoms with E-state index in [0.717, 1.165) is 43.6 Å². The largest absolute Gasteiger partial charge is 0.493 e. The van der Waals surface area contributed by atoms with Crippen molar-refractivity contribution in [1.82, 2.24) is 25.1 Å². The van der Waals surface area contributed by atoms with E-state index in [2.05, 4.69) is 20.5 Å². The van der Waals surface area contributed by atoms with Gasteiger partial charge in [-0.2, -0.15) is 8.78 Å². The lowest BCUT2D eigenvalue weighted by atomic mass is 9.90. The Morgan fingerprint density at radius 3 is 2.53 bits per heavy atom. The van der Waals surface area contributed by atoms with E-state index in [1.54, 1.807) is 51.5 Å². The van der Waals surface area contributed by atoms with Crippen molar-refractivity contribution in [2.45, 2.75) is 63.8 Å². The van der Waals surface area contributed by atoms with Gasteiger partial charge in [-0.1, -0.05) is 30.3 Å². The number of amides is 3. The number of nitrogens with zero attached hydrogens (tertiary/aromatic N) is 4. The second-order valence-electron chi connectivity index (χ2n) is 14.5. The minimum absolute atomic E-state index is 0.102. The molecule has 2 saturated heterocycles. The van der Waals surface area contributed by atoms with Crippen LogP contribution in [0.5, 0.6) is 17.2 Å². The summed E-state index contributed by atoms with van der Waals surface area (Å²) in [6.07, 6.45) is 3.11. The molecule has 0 spiro atoms. The number of piperidine rings is 1. The number of aryl methyl sites for hydroxylation is 2. The van der Waals surface area contributed by atoms with Crippen LogP contribution < -0.4 is 24.8 Å². The first kappa shape index (κ1) is 41.2. The fourth-order valence-corrected chi connectivity index (χ4v) is 7.46. The molecule has 2 aliphatic heterocycles. The highest BCUT2D eigenvalue weighted by Crippen LogP contribution is 2.40. The third kappa shape index (κ3) is 9.77. The van der Waals surface area contributed by atoms with Crippen LogP contribution in [0.2, 0.25) is 0 Å². The normalized spacial score (nSPS) is 17.0. The lowest BCUT2D eigenvalue weighted by Gasteiger charge is -2.34. The molecule has 57 heavy (non-hydrogen) atoms. The van der Waals surface area contributed by atoms with Crippen molar-refractivity contribution in [2.75, 3.05) is 65.5 Å². The standard InChI is InChI=1S/C42H50F2N6O7/c1-26(28-9-7-11-30(21-28)42(43,44)25-51)45-40-34-23-35(55-3)39(56-4)33(38(34)46-27(2)47-40)13-5-6-16-49-17-19-50(20-18-49)37(53)24-57-31-12-8-10-29(22-31)32-14-15-36(52)48-41(32)54/h7-12,21-23,26,32,51H,5-6,13-20,24-25H2,1-4H3,(H,45,46,47)(H,48,52,54)/t26-,32?/m1/s1. The van der Waals surface area contributed by atoms with Gasteiger partial charge in [0.2, 0.25) is 11.8 Å². The molecule has 15 heteroatoms. The van der Waals surface area contributed by atoms with Crippen LogP contribution in [-0.2, 0) is 26.7 Å². The number of alkyl halides is 2. The van der Waals surface area contributed by atoms with E-state index in [4.69, 9.17) is 19.2 Å². The number of aromatic nitrogens is 2. The molecule has 3 aromatic carbocycles. The molecule has 0 bridgehead atoms. The number of aliphatic hydroxyl groups is 1. The fraction of sp³-hybridized carbons (Fsp3) is 0.452. The lowest BCUT2D eigenvalue weighted by Crippen LogP contribution is -2.50. The Kier molecular flexibility index (Phi) is 13.2. The Labute approximate surface area is 330 Å². The summed E-state index contributed by atoms with van der Waals surface area (Å²) in [7, 11) is 3.17. The van der Waals surface area contributed by atoms with E-state index in [9.17, 15) is 28.3 Å². The van der Waals surface area contributed by atoms with E-state index < -0.39 is 24.5 Å². The molecule has 6 rings (SSSR count). The highest BCUT2D eigenvalue weighted by atomic mass is 19.3. The number of anilines is 1. The SMILES string of the molecule is COc1cc2c(N[C@H](C)c3cccc(C(F)(F)CO)c3)nc(C)nc2c(CCCCN2CCN(C(=O)COc3cccc(C4CCC(=O)NC4=O)c3)CC2)c1OC. The van der Waals surface area contributed by atoms with E-state index in [1.165, 1.54) is 12.1 Å². The number of fused-ring (bicyclic) bond motifs is 1. The Hall–Kier alpha value is -5.41. The second kappa shape index (κ2) is 18.2. The maximum atomic E-state index is 14.3. The average molecular weight is 789 g/mol. The summed E-state index contributed by atoms with van der Waals surface area (Å²) in [5.41, 5.74) is 2.70. The van der Waals surface area contributed by atoms with Gasteiger partial charge in [-0.3, -0.25) is 24.6 Å². The minimum atomic E-state index is -3.35. The van der Waals surface area contributed by atoms with E-state index in [0.29, 0.717) is 71.3 Å². The minimum Gasteiger partial charge on any atom is -0.493 e. The molecular weight excluding hydrogens is 738 g/mol. The van der Waals surface area contributed by atoms with Gasteiger partial charge in [0.05, 0.1) is 25.7 Å². The molecule has 4 aromatic rings. The zero-order valence-electron chi connectivity index (χ0n) is 32.8. The van der Waals surface area contributed by atoms with Crippen molar-refractivity contribution in [2.24, 2.45) is 0 Å². The van der Waals surface area contributed by atoms with Crippen LogP contribution in [-0.4, -0.2) is 103 Å². The van der Waals surface area contributed by atoms with Crippen LogP contribution in [0, 0.1) is 6.92 Å². The van der Waals surface area contributed by atoms with Gasteiger partial charge in [0.15, 0.2) is 18.1 Å². The number of piperazine rings is 1. The second-order valence-corrected chi connectivity index (χ2v) is 14.5. The number of halogens is 2. The molecule has 304 valence electrons. The number of aliphatic hydroxyl groups excluding tert-OH is 1. The Morgan fingerprint density at radius 2 is 1.81 bits per heavy atom. The number of ether oxygens (including phenoxy) is 3. The van der Waals surface area contributed by atoms with Crippen LogP contribution in [0.15, 0.2) is 54.6 Å². The first-order chi connectivity index (χ1) is 27.4. The third-order valence-corrected chi connectivity index (χ3v) is 10.6. The molecule has 3 amide bonds. The molecular formula is C42H50F2N6O7. The van der Waals surface area contributed by atoms with E-state index >= 15 is 0 Å². The topological polar surface area (TPSA) is 155 Å². The number of methoxy groups -OCH3 is 2. The Bertz CT molecular complexity index is 2090. The highest BCUT2D eigenvalue weighted by Gasteiger charge is 2.31. The summed E-state index contributed by atoms with van der Waals surface area (Å²) in [6.45, 7) is 5.78. The van der Waals surface area contributed by atoms with Crippen molar-refractivity contribution < 1.29 is 42.5 Å². The number of hydrogen-bond donors (Lipinski definition) is 3. The molecule has 3 heterocycles. The van der Waals surface area contributed by atoms with Gasteiger partial charge in [-0.25, -0.2) is 9.97 Å². The summed E-state index contributed by atoms with van der Waals surface area (Å²) in [6, 6.07) is 14.5. The van der Waals surface area contributed by atoms with Crippen molar-refractivity contribution in [3.8, 4) is 17.2 Å². The summed E-state index contributed by atoms with van der Waals surface area (Å²) >= 11 is 0. The van der Waals surface area contributed by atoms with Gasteiger partial charge in [0.25, 0.3) is 11.8 Å². The third-order valence-electron chi connectivity index (χ3n) is 10.6. The van der Waals surface area contributed by atoms with Gasteiger partial charge in [-0.05, 0) is 81.5 Å². The number of unbranched alkanes of at least 4 members (excludes halogenated alkanes) is 1. The number of carbonyl (C=O) groups is 3. The Morgan fingerprint density at radius 1 is 1.04 bits per heavy atom. The fourth-order valence-electron chi connectivity index (χ4n) is 7.46. The number of benzene rings is 3.